The zero-order valence-corrected chi connectivity index (χ0v) is 17.3. The molecule has 0 heterocycles. The summed E-state index contributed by atoms with van der Waals surface area (Å²) in [6, 6.07) is 8.23. The third-order valence-electron chi connectivity index (χ3n) is 3.10. The molecular weight excluding hydrogens is 427 g/mol. The van der Waals surface area contributed by atoms with Gasteiger partial charge in [0.25, 0.3) is 0 Å². The molecule has 0 saturated carbocycles. The standard InChI is InChI=1S/C15H26N4O2S.HI/c1-5-16-15(17-10-11-18-22(4,20)21)19(3)12-14-9-7-6-8-13(14)2;/h6-9,18H,5,10-12H2,1-4H3,(H,16,17);1H. The summed E-state index contributed by atoms with van der Waals surface area (Å²) in [6.45, 7) is 6.29. The van der Waals surface area contributed by atoms with E-state index in [1.807, 2.05) is 31.0 Å². The minimum absolute atomic E-state index is 0. The molecule has 1 aromatic rings. The molecule has 1 rings (SSSR count). The van der Waals surface area contributed by atoms with Gasteiger partial charge < -0.3 is 10.2 Å². The fourth-order valence-electron chi connectivity index (χ4n) is 1.98. The van der Waals surface area contributed by atoms with Crippen molar-refractivity contribution in [1.29, 1.82) is 0 Å². The Bertz CT molecular complexity index is 605. The fourth-order valence-corrected chi connectivity index (χ4v) is 2.44. The number of aryl methyl sites for hydroxylation is 1. The Balaban J connectivity index is 0.00000484. The van der Waals surface area contributed by atoms with Crippen LogP contribution in [0.1, 0.15) is 18.1 Å². The second-order valence-electron chi connectivity index (χ2n) is 5.18. The number of sulfonamides is 1. The summed E-state index contributed by atoms with van der Waals surface area (Å²) in [5, 5.41) is 3.22. The van der Waals surface area contributed by atoms with E-state index in [0.29, 0.717) is 13.1 Å². The van der Waals surface area contributed by atoms with Crippen LogP contribution in [0.15, 0.2) is 29.3 Å². The molecule has 0 atom stereocenters. The Labute approximate surface area is 156 Å². The lowest BCUT2D eigenvalue weighted by molar-refractivity contribution is 0.475. The molecule has 0 fully saturated rings. The third-order valence-corrected chi connectivity index (χ3v) is 3.83. The molecule has 0 radical (unpaired) electrons. The first-order chi connectivity index (χ1) is 10.3. The topological polar surface area (TPSA) is 73.8 Å². The summed E-state index contributed by atoms with van der Waals surface area (Å²) < 4.78 is 24.5. The van der Waals surface area contributed by atoms with Crippen molar-refractivity contribution in [2.75, 3.05) is 32.9 Å². The van der Waals surface area contributed by atoms with Crippen LogP contribution in [0.2, 0.25) is 0 Å². The number of rotatable bonds is 7. The first-order valence-electron chi connectivity index (χ1n) is 7.32. The molecular formula is C15H27IN4O2S. The Morgan fingerprint density at radius 2 is 1.96 bits per heavy atom. The van der Waals surface area contributed by atoms with Crippen LogP contribution in [-0.2, 0) is 16.6 Å². The van der Waals surface area contributed by atoms with Crippen LogP contribution >= 0.6 is 24.0 Å². The predicted molar refractivity (Wildman–Crippen MR) is 107 cm³/mol. The molecule has 0 unspecified atom stereocenters. The lowest BCUT2D eigenvalue weighted by atomic mass is 10.1. The predicted octanol–water partition coefficient (Wildman–Crippen LogP) is 1.56. The maximum Gasteiger partial charge on any atom is 0.208 e. The van der Waals surface area contributed by atoms with Gasteiger partial charge in [-0.05, 0) is 25.0 Å². The van der Waals surface area contributed by atoms with E-state index in [1.165, 1.54) is 11.1 Å². The van der Waals surface area contributed by atoms with E-state index in [2.05, 4.69) is 34.1 Å². The van der Waals surface area contributed by atoms with Crippen molar-refractivity contribution in [2.24, 2.45) is 4.99 Å². The molecule has 0 saturated heterocycles. The van der Waals surface area contributed by atoms with Crippen molar-refractivity contribution >= 4 is 40.0 Å². The van der Waals surface area contributed by atoms with Gasteiger partial charge in [-0.1, -0.05) is 24.3 Å². The smallest absolute Gasteiger partial charge is 0.208 e. The Kier molecular flexibility index (Phi) is 10.4. The molecule has 2 N–H and O–H groups in total. The van der Waals surface area contributed by atoms with Crippen LogP contribution in [-0.4, -0.2) is 52.2 Å². The van der Waals surface area contributed by atoms with Crippen LogP contribution in [0.3, 0.4) is 0 Å². The van der Waals surface area contributed by atoms with Crippen LogP contribution in [0, 0.1) is 6.92 Å². The van der Waals surface area contributed by atoms with Gasteiger partial charge in [0.2, 0.25) is 10.0 Å². The van der Waals surface area contributed by atoms with E-state index < -0.39 is 10.0 Å². The number of hydrogen-bond acceptors (Lipinski definition) is 3. The van der Waals surface area contributed by atoms with Crippen molar-refractivity contribution in [3.63, 3.8) is 0 Å². The molecule has 0 amide bonds. The average molecular weight is 454 g/mol. The molecule has 0 aliphatic carbocycles. The zero-order chi connectivity index (χ0) is 16.6. The number of halogens is 1. The highest BCUT2D eigenvalue weighted by Crippen LogP contribution is 2.09. The summed E-state index contributed by atoms with van der Waals surface area (Å²) in [6.07, 6.45) is 1.15. The van der Waals surface area contributed by atoms with Gasteiger partial charge in [-0.25, -0.2) is 13.1 Å². The molecule has 0 bridgehead atoms. The fraction of sp³-hybridized carbons (Fsp3) is 0.533. The number of guanidine groups is 1. The highest BCUT2D eigenvalue weighted by atomic mass is 127. The molecule has 0 aromatic heterocycles. The minimum atomic E-state index is -3.16. The number of benzene rings is 1. The first-order valence-corrected chi connectivity index (χ1v) is 9.21. The van der Waals surface area contributed by atoms with E-state index in [0.717, 1.165) is 25.3 Å². The van der Waals surface area contributed by atoms with E-state index in [9.17, 15) is 8.42 Å². The number of aliphatic imine (C=N–C) groups is 1. The van der Waals surface area contributed by atoms with Gasteiger partial charge in [0, 0.05) is 26.7 Å². The van der Waals surface area contributed by atoms with Gasteiger partial charge in [0.1, 0.15) is 0 Å². The van der Waals surface area contributed by atoms with Crippen molar-refractivity contribution in [2.45, 2.75) is 20.4 Å². The van der Waals surface area contributed by atoms with E-state index in [-0.39, 0.29) is 24.0 Å². The minimum Gasteiger partial charge on any atom is -0.357 e. The van der Waals surface area contributed by atoms with Gasteiger partial charge in [-0.2, -0.15) is 0 Å². The van der Waals surface area contributed by atoms with Crippen LogP contribution in [0.5, 0.6) is 0 Å². The maximum absolute atomic E-state index is 11.0. The van der Waals surface area contributed by atoms with Crippen molar-refractivity contribution < 1.29 is 8.42 Å². The van der Waals surface area contributed by atoms with Crippen molar-refractivity contribution in [1.82, 2.24) is 14.9 Å². The van der Waals surface area contributed by atoms with Crippen LogP contribution in [0.4, 0.5) is 0 Å². The molecule has 8 heteroatoms. The molecule has 0 aliphatic heterocycles. The summed E-state index contributed by atoms with van der Waals surface area (Å²) in [5.74, 6) is 0.765. The highest BCUT2D eigenvalue weighted by Gasteiger charge is 2.08. The Morgan fingerprint density at radius 1 is 1.30 bits per heavy atom. The van der Waals surface area contributed by atoms with Gasteiger partial charge in [-0.15, -0.1) is 24.0 Å². The van der Waals surface area contributed by atoms with E-state index >= 15 is 0 Å². The van der Waals surface area contributed by atoms with Gasteiger partial charge in [0.05, 0.1) is 12.8 Å². The molecule has 132 valence electrons. The summed E-state index contributed by atoms with van der Waals surface area (Å²) in [4.78, 5) is 6.48. The maximum atomic E-state index is 11.0. The highest BCUT2D eigenvalue weighted by molar-refractivity contribution is 14.0. The largest absolute Gasteiger partial charge is 0.357 e. The third kappa shape index (κ3) is 9.11. The molecule has 0 spiro atoms. The summed E-state index contributed by atoms with van der Waals surface area (Å²) in [5.41, 5.74) is 2.48. The van der Waals surface area contributed by atoms with E-state index in [4.69, 9.17) is 0 Å². The first kappa shape index (κ1) is 22.1. The average Bonchev–Trinajstić information content (AvgIpc) is 2.43. The summed E-state index contributed by atoms with van der Waals surface area (Å²) >= 11 is 0. The molecule has 0 aliphatic rings. The Morgan fingerprint density at radius 3 is 2.52 bits per heavy atom. The van der Waals surface area contributed by atoms with Crippen molar-refractivity contribution in [3.8, 4) is 0 Å². The lowest BCUT2D eigenvalue weighted by Crippen LogP contribution is -2.39. The molecule has 6 nitrogen and oxygen atoms in total. The molecule has 23 heavy (non-hydrogen) atoms. The monoisotopic (exact) mass is 454 g/mol. The van der Waals surface area contributed by atoms with Crippen LogP contribution in [0.25, 0.3) is 0 Å². The van der Waals surface area contributed by atoms with Crippen LogP contribution < -0.4 is 10.0 Å². The number of nitrogens with one attached hydrogen (secondary N) is 2. The van der Waals surface area contributed by atoms with Gasteiger partial charge in [0.15, 0.2) is 5.96 Å². The number of nitrogens with zero attached hydrogens (tertiary/aromatic N) is 2. The van der Waals surface area contributed by atoms with Gasteiger partial charge in [-0.3, -0.25) is 4.99 Å². The zero-order valence-electron chi connectivity index (χ0n) is 14.2. The molecule has 1 aromatic carbocycles. The quantitative estimate of drug-likeness (QED) is 0.284. The normalized spacial score (nSPS) is 11.7. The van der Waals surface area contributed by atoms with E-state index in [1.54, 1.807) is 0 Å². The second kappa shape index (κ2) is 10.8. The second-order valence-corrected chi connectivity index (χ2v) is 7.02. The lowest BCUT2D eigenvalue weighted by Gasteiger charge is -2.23. The summed E-state index contributed by atoms with van der Waals surface area (Å²) in [7, 11) is -1.19. The number of hydrogen-bond donors (Lipinski definition) is 2. The van der Waals surface area contributed by atoms with Crippen molar-refractivity contribution in [3.05, 3.63) is 35.4 Å². The Hall–Kier alpha value is -0.870. The van der Waals surface area contributed by atoms with Gasteiger partial charge >= 0.3 is 0 Å². The SMILES string of the molecule is CCNC(=NCCNS(C)(=O)=O)N(C)Cc1ccccc1C.I.